The maximum atomic E-state index is 11.8. The van der Waals surface area contributed by atoms with Crippen LogP contribution in [0.5, 0.6) is 0 Å². The molecular weight excluding hydrogens is 415 g/mol. The van der Waals surface area contributed by atoms with E-state index < -0.39 is 0 Å². The molecule has 0 saturated heterocycles. The molecule has 2 N–H and O–H groups in total. The number of carbonyl (C=O) groups is 1. The van der Waals surface area contributed by atoms with Gasteiger partial charge in [-0.25, -0.2) is 4.99 Å². The van der Waals surface area contributed by atoms with Gasteiger partial charge in [0.25, 0.3) is 0 Å². The average molecular weight is 444 g/mol. The summed E-state index contributed by atoms with van der Waals surface area (Å²) in [5.41, 5.74) is 2.41. The molecule has 134 valence electrons. The number of hydrogen-bond acceptors (Lipinski definition) is 2. The highest BCUT2D eigenvalue weighted by atomic mass is 127. The van der Waals surface area contributed by atoms with Crippen LogP contribution in [0.1, 0.15) is 36.8 Å². The predicted molar refractivity (Wildman–Crippen MR) is 110 cm³/mol. The number of nitrogens with zero attached hydrogens (tertiary/aromatic N) is 2. The molecule has 6 heteroatoms. The Kier molecular flexibility index (Phi) is 9.10. The molecule has 24 heavy (non-hydrogen) atoms. The smallest absolute Gasteiger partial charge is 0.241 e. The number of nitrogens with one attached hydrogen (secondary N) is 2. The zero-order chi connectivity index (χ0) is 16.7. The number of hydrogen-bond donors (Lipinski definition) is 2. The minimum atomic E-state index is 0. The van der Waals surface area contributed by atoms with E-state index >= 15 is 0 Å². The van der Waals surface area contributed by atoms with Gasteiger partial charge in [-0.05, 0) is 25.3 Å². The summed E-state index contributed by atoms with van der Waals surface area (Å²) < 4.78 is 0. The van der Waals surface area contributed by atoms with Gasteiger partial charge in [-0.1, -0.05) is 42.7 Å². The lowest BCUT2D eigenvalue weighted by Crippen LogP contribution is -2.46. The van der Waals surface area contributed by atoms with Gasteiger partial charge in [0.05, 0.1) is 13.1 Å². The van der Waals surface area contributed by atoms with Crippen molar-refractivity contribution in [3.05, 3.63) is 35.4 Å². The second kappa shape index (κ2) is 10.5. The van der Waals surface area contributed by atoms with Crippen molar-refractivity contribution in [2.24, 2.45) is 4.99 Å². The fourth-order valence-corrected chi connectivity index (χ4v) is 2.71. The zero-order valence-corrected chi connectivity index (χ0v) is 17.2. The Morgan fingerprint density at radius 2 is 2.00 bits per heavy atom. The van der Waals surface area contributed by atoms with Crippen LogP contribution in [0.2, 0.25) is 0 Å². The van der Waals surface area contributed by atoms with E-state index in [4.69, 9.17) is 0 Å². The number of guanidine groups is 1. The summed E-state index contributed by atoms with van der Waals surface area (Å²) >= 11 is 0. The SMILES string of the molecule is Cc1cccc(CN=C(NCC(=O)N(C)C)NC2CCCC2)c1.I. The van der Waals surface area contributed by atoms with Crippen molar-refractivity contribution in [2.45, 2.75) is 45.2 Å². The molecule has 0 unspecified atom stereocenters. The number of aryl methyl sites for hydroxylation is 1. The summed E-state index contributed by atoms with van der Waals surface area (Å²) in [6, 6.07) is 8.82. The van der Waals surface area contributed by atoms with Gasteiger partial charge in [0.1, 0.15) is 0 Å². The van der Waals surface area contributed by atoms with Crippen LogP contribution in [0.25, 0.3) is 0 Å². The molecule has 2 rings (SSSR count). The molecule has 0 atom stereocenters. The van der Waals surface area contributed by atoms with Crippen LogP contribution in [0.15, 0.2) is 29.3 Å². The van der Waals surface area contributed by atoms with E-state index in [1.54, 1.807) is 19.0 Å². The molecule has 0 radical (unpaired) electrons. The minimum absolute atomic E-state index is 0. The Morgan fingerprint density at radius 1 is 1.29 bits per heavy atom. The van der Waals surface area contributed by atoms with Crippen molar-refractivity contribution in [1.29, 1.82) is 0 Å². The zero-order valence-electron chi connectivity index (χ0n) is 14.8. The Bertz CT molecular complexity index is 554. The Morgan fingerprint density at radius 3 is 2.62 bits per heavy atom. The second-order valence-electron chi connectivity index (χ2n) is 6.42. The van der Waals surface area contributed by atoms with Crippen molar-refractivity contribution in [3.63, 3.8) is 0 Å². The third kappa shape index (κ3) is 7.07. The molecule has 0 heterocycles. The maximum absolute atomic E-state index is 11.8. The molecule has 0 aromatic heterocycles. The Hall–Kier alpha value is -1.31. The first kappa shape index (κ1) is 20.7. The molecule has 0 bridgehead atoms. The van der Waals surface area contributed by atoms with Crippen LogP contribution in [0.3, 0.4) is 0 Å². The van der Waals surface area contributed by atoms with Crippen molar-refractivity contribution >= 4 is 35.8 Å². The van der Waals surface area contributed by atoms with Gasteiger partial charge in [0.15, 0.2) is 5.96 Å². The molecule has 1 aliphatic carbocycles. The first-order valence-electron chi connectivity index (χ1n) is 8.35. The van der Waals surface area contributed by atoms with E-state index in [1.807, 2.05) is 6.07 Å². The first-order chi connectivity index (χ1) is 11.0. The van der Waals surface area contributed by atoms with Crippen LogP contribution in [-0.2, 0) is 11.3 Å². The van der Waals surface area contributed by atoms with E-state index in [1.165, 1.54) is 36.8 Å². The molecule has 1 fully saturated rings. The Labute approximate surface area is 162 Å². The summed E-state index contributed by atoms with van der Waals surface area (Å²) in [5.74, 6) is 0.773. The highest BCUT2D eigenvalue weighted by Crippen LogP contribution is 2.17. The molecule has 0 aliphatic heterocycles. The molecule has 1 aromatic carbocycles. The minimum Gasteiger partial charge on any atom is -0.354 e. The van der Waals surface area contributed by atoms with Gasteiger partial charge in [0.2, 0.25) is 5.91 Å². The third-order valence-corrected chi connectivity index (χ3v) is 4.10. The van der Waals surface area contributed by atoms with Crippen LogP contribution in [-0.4, -0.2) is 43.4 Å². The Balaban J connectivity index is 0.00000288. The summed E-state index contributed by atoms with van der Waals surface area (Å²) in [6.07, 6.45) is 4.87. The summed E-state index contributed by atoms with van der Waals surface area (Å²) in [4.78, 5) is 18.0. The summed E-state index contributed by atoms with van der Waals surface area (Å²) in [7, 11) is 3.52. The maximum Gasteiger partial charge on any atom is 0.241 e. The highest BCUT2D eigenvalue weighted by molar-refractivity contribution is 14.0. The number of rotatable bonds is 5. The monoisotopic (exact) mass is 444 g/mol. The molecule has 1 saturated carbocycles. The third-order valence-electron chi connectivity index (χ3n) is 4.10. The van der Waals surface area contributed by atoms with Gasteiger partial charge in [0, 0.05) is 20.1 Å². The molecule has 1 aromatic rings. The van der Waals surface area contributed by atoms with Gasteiger partial charge >= 0.3 is 0 Å². The number of carbonyl (C=O) groups excluding carboxylic acids is 1. The van der Waals surface area contributed by atoms with Crippen molar-refractivity contribution in [3.8, 4) is 0 Å². The average Bonchev–Trinajstić information content (AvgIpc) is 3.02. The number of likely N-dealkylation sites (N-methyl/N-ethyl adjacent to an activating group) is 1. The molecule has 5 nitrogen and oxygen atoms in total. The van der Waals surface area contributed by atoms with Gasteiger partial charge in [-0.2, -0.15) is 0 Å². The largest absolute Gasteiger partial charge is 0.354 e. The fraction of sp³-hybridized carbons (Fsp3) is 0.556. The van der Waals surface area contributed by atoms with Crippen LogP contribution in [0, 0.1) is 6.92 Å². The van der Waals surface area contributed by atoms with Crippen LogP contribution >= 0.6 is 24.0 Å². The van der Waals surface area contributed by atoms with E-state index in [0.29, 0.717) is 12.6 Å². The standard InChI is InChI=1S/C18H28N4O.HI/c1-14-7-6-8-15(11-14)12-19-18(20-13-17(23)22(2)3)21-16-9-4-5-10-16;/h6-8,11,16H,4-5,9-10,12-13H2,1-3H3,(H2,19,20,21);1H. The first-order valence-corrected chi connectivity index (χ1v) is 8.35. The van der Waals surface area contributed by atoms with E-state index in [0.717, 1.165) is 5.96 Å². The fourth-order valence-electron chi connectivity index (χ4n) is 2.71. The lowest BCUT2D eigenvalue weighted by atomic mass is 10.1. The second-order valence-corrected chi connectivity index (χ2v) is 6.42. The number of halogens is 1. The van der Waals surface area contributed by atoms with Crippen molar-refractivity contribution in [2.75, 3.05) is 20.6 Å². The summed E-state index contributed by atoms with van der Waals surface area (Å²) in [6.45, 7) is 2.96. The van der Waals surface area contributed by atoms with Gasteiger partial charge in [-0.3, -0.25) is 4.79 Å². The van der Waals surface area contributed by atoms with Gasteiger partial charge in [-0.15, -0.1) is 24.0 Å². The quantitative estimate of drug-likeness (QED) is 0.417. The number of aliphatic imine (C=N–C) groups is 1. The van der Waals surface area contributed by atoms with Crippen molar-refractivity contribution < 1.29 is 4.79 Å². The topological polar surface area (TPSA) is 56.7 Å². The van der Waals surface area contributed by atoms with E-state index in [-0.39, 0.29) is 36.4 Å². The normalized spacial score (nSPS) is 14.9. The molecule has 1 amide bonds. The number of benzene rings is 1. The predicted octanol–water partition coefficient (Wildman–Crippen LogP) is 2.68. The van der Waals surface area contributed by atoms with Crippen LogP contribution < -0.4 is 10.6 Å². The van der Waals surface area contributed by atoms with E-state index in [2.05, 4.69) is 40.7 Å². The molecule has 0 spiro atoms. The van der Waals surface area contributed by atoms with Crippen LogP contribution in [0.4, 0.5) is 0 Å². The summed E-state index contributed by atoms with van der Waals surface area (Å²) in [5, 5.41) is 6.62. The highest BCUT2D eigenvalue weighted by Gasteiger charge is 2.16. The van der Waals surface area contributed by atoms with E-state index in [9.17, 15) is 4.79 Å². The molecule has 1 aliphatic rings. The van der Waals surface area contributed by atoms with Gasteiger partial charge < -0.3 is 15.5 Å². The van der Waals surface area contributed by atoms with Crippen molar-refractivity contribution in [1.82, 2.24) is 15.5 Å². The lowest BCUT2D eigenvalue weighted by molar-refractivity contribution is -0.127. The molecular formula is C18H29IN4O. The number of amides is 1. The lowest BCUT2D eigenvalue weighted by Gasteiger charge is -2.18.